The lowest BCUT2D eigenvalue weighted by Gasteiger charge is -1.98. The Bertz CT molecular complexity index is 659. The van der Waals surface area contributed by atoms with Crippen molar-refractivity contribution in [2.45, 2.75) is 6.54 Å². The maximum absolute atomic E-state index is 11.6. The van der Waals surface area contributed by atoms with Crippen LogP contribution in [0.15, 0.2) is 23.7 Å². The van der Waals surface area contributed by atoms with E-state index in [9.17, 15) is 9.59 Å². The molecule has 104 valence electrons. The Morgan fingerprint density at radius 3 is 2.95 bits per heavy atom. The summed E-state index contributed by atoms with van der Waals surface area (Å²) in [6, 6.07) is 1.78. The molecule has 2 aromatic rings. The first-order valence-corrected chi connectivity index (χ1v) is 6.56. The highest BCUT2D eigenvalue weighted by Crippen LogP contribution is 2.09. The highest BCUT2D eigenvalue weighted by Gasteiger charge is 2.08. The SMILES string of the molecule is Cn1nccc1C=CC(=O)NCc1nc(C(=O)O)cs1. The van der Waals surface area contributed by atoms with Gasteiger partial charge in [0.05, 0.1) is 12.2 Å². The molecule has 0 aliphatic rings. The smallest absolute Gasteiger partial charge is 0.355 e. The van der Waals surface area contributed by atoms with Crippen molar-refractivity contribution in [3.63, 3.8) is 0 Å². The van der Waals surface area contributed by atoms with Crippen molar-refractivity contribution >= 4 is 29.3 Å². The van der Waals surface area contributed by atoms with Crippen molar-refractivity contribution in [2.24, 2.45) is 7.05 Å². The van der Waals surface area contributed by atoms with Crippen LogP contribution < -0.4 is 5.32 Å². The molecule has 2 N–H and O–H groups in total. The number of carbonyl (C=O) groups is 2. The minimum absolute atomic E-state index is 0.00956. The average Bonchev–Trinajstić information content (AvgIpc) is 3.03. The van der Waals surface area contributed by atoms with Gasteiger partial charge in [-0.2, -0.15) is 5.10 Å². The van der Waals surface area contributed by atoms with E-state index in [0.29, 0.717) is 5.01 Å². The summed E-state index contributed by atoms with van der Waals surface area (Å²) in [6.45, 7) is 0.201. The van der Waals surface area contributed by atoms with E-state index in [1.807, 2.05) is 0 Å². The third-order valence-corrected chi connectivity index (χ3v) is 3.30. The Hall–Kier alpha value is -2.48. The summed E-state index contributed by atoms with van der Waals surface area (Å²) in [4.78, 5) is 26.1. The summed E-state index contributed by atoms with van der Waals surface area (Å²) < 4.78 is 1.64. The van der Waals surface area contributed by atoms with Gasteiger partial charge in [-0.05, 0) is 12.1 Å². The predicted molar refractivity (Wildman–Crippen MR) is 73.2 cm³/mol. The Kier molecular flexibility index (Phi) is 4.26. The molecule has 0 aromatic carbocycles. The topological polar surface area (TPSA) is 97.1 Å². The van der Waals surface area contributed by atoms with Crippen LogP contribution in [0, 0.1) is 0 Å². The van der Waals surface area contributed by atoms with Crippen molar-refractivity contribution in [3.05, 3.63) is 40.1 Å². The lowest BCUT2D eigenvalue weighted by molar-refractivity contribution is -0.116. The molecular formula is C12H12N4O3S. The van der Waals surface area contributed by atoms with Gasteiger partial charge in [-0.25, -0.2) is 9.78 Å². The van der Waals surface area contributed by atoms with Crippen molar-refractivity contribution in [1.82, 2.24) is 20.1 Å². The zero-order valence-electron chi connectivity index (χ0n) is 10.6. The maximum Gasteiger partial charge on any atom is 0.355 e. The molecule has 2 heterocycles. The van der Waals surface area contributed by atoms with Crippen LogP contribution in [0.4, 0.5) is 0 Å². The van der Waals surface area contributed by atoms with Crippen molar-refractivity contribution in [3.8, 4) is 0 Å². The number of aromatic nitrogens is 3. The Balaban J connectivity index is 1.87. The number of nitrogens with zero attached hydrogens (tertiary/aromatic N) is 3. The summed E-state index contributed by atoms with van der Waals surface area (Å²) in [7, 11) is 1.78. The highest BCUT2D eigenvalue weighted by atomic mass is 32.1. The molecule has 0 atom stereocenters. The number of aromatic carboxylic acids is 1. The summed E-state index contributed by atoms with van der Waals surface area (Å²) >= 11 is 1.19. The molecule has 0 spiro atoms. The van der Waals surface area contributed by atoms with Gasteiger partial charge in [0, 0.05) is 24.7 Å². The molecule has 2 rings (SSSR count). The van der Waals surface area contributed by atoms with Crippen LogP contribution in [0.25, 0.3) is 6.08 Å². The van der Waals surface area contributed by atoms with E-state index >= 15 is 0 Å². The van der Waals surface area contributed by atoms with Crippen molar-refractivity contribution < 1.29 is 14.7 Å². The molecule has 20 heavy (non-hydrogen) atoms. The fourth-order valence-corrected chi connectivity index (χ4v) is 2.13. The third-order valence-electron chi connectivity index (χ3n) is 2.45. The Morgan fingerprint density at radius 1 is 1.55 bits per heavy atom. The fraction of sp³-hybridized carbons (Fsp3) is 0.167. The third kappa shape index (κ3) is 3.51. The monoisotopic (exact) mass is 292 g/mol. The number of hydrogen-bond donors (Lipinski definition) is 2. The van der Waals surface area contributed by atoms with E-state index in [-0.39, 0.29) is 18.1 Å². The number of carboxylic acid groups (broad SMARTS) is 1. The summed E-state index contributed by atoms with van der Waals surface area (Å²) in [6.07, 6.45) is 4.68. The Labute approximate surface area is 118 Å². The first-order valence-electron chi connectivity index (χ1n) is 5.68. The van der Waals surface area contributed by atoms with E-state index in [1.54, 1.807) is 30.1 Å². The summed E-state index contributed by atoms with van der Waals surface area (Å²) in [5.74, 6) is -1.35. The molecule has 7 nitrogen and oxygen atoms in total. The molecule has 0 aliphatic heterocycles. The van der Waals surface area contributed by atoms with Gasteiger partial charge in [0.25, 0.3) is 0 Å². The second kappa shape index (κ2) is 6.11. The lowest BCUT2D eigenvalue weighted by Crippen LogP contribution is -2.20. The van der Waals surface area contributed by atoms with Crippen LogP contribution in [-0.2, 0) is 18.4 Å². The number of nitrogens with one attached hydrogen (secondary N) is 1. The first-order chi connectivity index (χ1) is 9.56. The standard InChI is InChI=1S/C12H12N4O3S/c1-16-8(4-5-14-16)2-3-10(17)13-6-11-15-9(7-20-11)12(18)19/h2-5,7H,6H2,1H3,(H,13,17)(H,18,19). The Morgan fingerprint density at radius 2 is 2.35 bits per heavy atom. The van der Waals surface area contributed by atoms with Crippen LogP contribution in [0.2, 0.25) is 0 Å². The van der Waals surface area contributed by atoms with E-state index < -0.39 is 5.97 Å². The van der Waals surface area contributed by atoms with Gasteiger partial charge in [0.15, 0.2) is 5.69 Å². The highest BCUT2D eigenvalue weighted by molar-refractivity contribution is 7.09. The van der Waals surface area contributed by atoms with E-state index in [2.05, 4.69) is 15.4 Å². The molecule has 2 aromatic heterocycles. The quantitative estimate of drug-likeness (QED) is 0.798. The van der Waals surface area contributed by atoms with Crippen LogP contribution in [0.1, 0.15) is 21.2 Å². The molecule has 0 radical (unpaired) electrons. The van der Waals surface area contributed by atoms with Gasteiger partial charge in [0.1, 0.15) is 5.01 Å². The van der Waals surface area contributed by atoms with Crippen molar-refractivity contribution in [1.29, 1.82) is 0 Å². The first kappa shape index (κ1) is 13.9. The molecule has 0 bridgehead atoms. The number of aryl methyl sites for hydroxylation is 1. The van der Waals surface area contributed by atoms with Gasteiger partial charge in [-0.15, -0.1) is 11.3 Å². The zero-order valence-corrected chi connectivity index (χ0v) is 11.4. The number of amides is 1. The second-order valence-electron chi connectivity index (χ2n) is 3.86. The number of carbonyl (C=O) groups excluding carboxylic acids is 1. The summed E-state index contributed by atoms with van der Waals surface area (Å²) in [5, 5.41) is 17.3. The minimum atomic E-state index is -1.07. The van der Waals surface area contributed by atoms with E-state index in [1.165, 1.54) is 22.8 Å². The molecule has 0 unspecified atom stereocenters. The normalized spacial score (nSPS) is 10.8. The molecule has 0 fully saturated rings. The maximum atomic E-state index is 11.6. The van der Waals surface area contributed by atoms with E-state index in [4.69, 9.17) is 5.11 Å². The molecule has 0 saturated carbocycles. The fourth-order valence-electron chi connectivity index (χ4n) is 1.42. The van der Waals surface area contributed by atoms with Crippen LogP contribution in [-0.4, -0.2) is 31.7 Å². The van der Waals surface area contributed by atoms with Crippen LogP contribution in [0.5, 0.6) is 0 Å². The second-order valence-corrected chi connectivity index (χ2v) is 4.81. The number of thiazole rings is 1. The molecular weight excluding hydrogens is 280 g/mol. The molecule has 0 saturated heterocycles. The van der Waals surface area contributed by atoms with Gasteiger partial charge in [0.2, 0.25) is 5.91 Å². The average molecular weight is 292 g/mol. The van der Waals surface area contributed by atoms with E-state index in [0.717, 1.165) is 5.69 Å². The van der Waals surface area contributed by atoms with Gasteiger partial charge < -0.3 is 10.4 Å². The van der Waals surface area contributed by atoms with Crippen molar-refractivity contribution in [2.75, 3.05) is 0 Å². The van der Waals surface area contributed by atoms with Crippen LogP contribution in [0.3, 0.4) is 0 Å². The molecule has 8 heteroatoms. The zero-order chi connectivity index (χ0) is 14.5. The number of carboxylic acids is 1. The summed E-state index contributed by atoms with van der Waals surface area (Å²) in [5.41, 5.74) is 0.798. The number of hydrogen-bond acceptors (Lipinski definition) is 5. The molecule has 0 aliphatic carbocycles. The molecule has 1 amide bonds. The minimum Gasteiger partial charge on any atom is -0.476 e. The van der Waals surface area contributed by atoms with Gasteiger partial charge in [-0.1, -0.05) is 0 Å². The lowest BCUT2D eigenvalue weighted by atomic mass is 10.3. The van der Waals surface area contributed by atoms with Crippen LogP contribution >= 0.6 is 11.3 Å². The predicted octanol–water partition coefficient (Wildman–Crippen LogP) is 0.904. The number of rotatable bonds is 5. The van der Waals surface area contributed by atoms with Gasteiger partial charge >= 0.3 is 5.97 Å². The van der Waals surface area contributed by atoms with Gasteiger partial charge in [-0.3, -0.25) is 9.48 Å². The largest absolute Gasteiger partial charge is 0.476 e.